The van der Waals surface area contributed by atoms with E-state index in [1.807, 2.05) is 24.3 Å². The topological polar surface area (TPSA) is 78.5 Å². The van der Waals surface area contributed by atoms with E-state index in [9.17, 15) is 18.7 Å². The number of hydrogen-bond acceptors (Lipinski definition) is 4. The van der Waals surface area contributed by atoms with Gasteiger partial charge in [-0.3, -0.25) is 9.89 Å². The van der Waals surface area contributed by atoms with Crippen LogP contribution in [-0.2, 0) is 6.42 Å². The molecule has 0 aliphatic carbocycles. The molecule has 1 aliphatic rings. The van der Waals surface area contributed by atoms with Crippen LogP contribution in [0.3, 0.4) is 0 Å². The maximum atomic E-state index is 15.0. The molecule has 1 amide bonds. The van der Waals surface area contributed by atoms with E-state index in [0.717, 1.165) is 23.4 Å². The molecule has 34 heavy (non-hydrogen) atoms. The number of benzene rings is 3. The zero-order chi connectivity index (χ0) is 23.8. The van der Waals surface area contributed by atoms with Gasteiger partial charge in [-0.25, -0.2) is 8.78 Å². The number of fused-ring (bicyclic) bond motifs is 1. The predicted molar refractivity (Wildman–Crippen MR) is 122 cm³/mol. The van der Waals surface area contributed by atoms with Gasteiger partial charge in [0.05, 0.1) is 13.2 Å². The zero-order valence-electron chi connectivity index (χ0n) is 18.3. The number of nitrogens with zero attached hydrogens (tertiary/aromatic N) is 2. The van der Waals surface area contributed by atoms with Crippen molar-refractivity contribution >= 4 is 5.91 Å². The van der Waals surface area contributed by atoms with E-state index in [1.165, 1.54) is 12.1 Å². The van der Waals surface area contributed by atoms with Crippen molar-refractivity contribution in [1.29, 1.82) is 0 Å². The Hall–Kier alpha value is -4.20. The van der Waals surface area contributed by atoms with E-state index in [-0.39, 0.29) is 28.6 Å². The predicted octanol–water partition coefficient (Wildman–Crippen LogP) is 4.86. The summed E-state index contributed by atoms with van der Waals surface area (Å²) in [5.74, 6) is -0.838. The number of phenolic OH excluding ortho intramolecular Hbond substituents is 1. The van der Waals surface area contributed by atoms with Crippen molar-refractivity contribution in [3.63, 3.8) is 0 Å². The standard InChI is InChI=1S/C26H21F2N3O3/c1-34-17-9-6-15(7-10-17)12-13-31-25(18-4-2-3-5-20(18)28)22-23(29-30-24(22)26(31)33)19-14-16(27)8-11-21(19)32/h2-11,14,25,32H,12-13H2,1H3,(H,29,30)/t25-/m0/s1. The summed E-state index contributed by atoms with van der Waals surface area (Å²) in [7, 11) is 1.59. The van der Waals surface area contributed by atoms with Crippen LogP contribution < -0.4 is 4.74 Å². The first-order valence-corrected chi connectivity index (χ1v) is 10.7. The van der Waals surface area contributed by atoms with Crippen LogP contribution in [0.4, 0.5) is 8.78 Å². The highest BCUT2D eigenvalue weighted by Gasteiger charge is 2.43. The van der Waals surface area contributed by atoms with Crippen molar-refractivity contribution in [3.8, 4) is 22.8 Å². The average Bonchev–Trinajstić information content (AvgIpc) is 3.39. The lowest BCUT2D eigenvalue weighted by atomic mass is 9.95. The van der Waals surface area contributed by atoms with Gasteiger partial charge < -0.3 is 14.7 Å². The highest BCUT2D eigenvalue weighted by molar-refractivity contribution is 6.00. The number of amides is 1. The lowest BCUT2D eigenvalue weighted by Gasteiger charge is -2.27. The van der Waals surface area contributed by atoms with E-state index in [4.69, 9.17) is 4.74 Å². The first-order chi connectivity index (χ1) is 16.5. The second kappa shape index (κ2) is 8.62. The van der Waals surface area contributed by atoms with Gasteiger partial charge in [-0.1, -0.05) is 30.3 Å². The molecule has 0 radical (unpaired) electrons. The number of rotatable bonds is 6. The molecule has 8 heteroatoms. The Bertz CT molecular complexity index is 1370. The Balaban J connectivity index is 1.58. The molecule has 0 bridgehead atoms. The smallest absolute Gasteiger partial charge is 0.273 e. The molecule has 0 spiro atoms. The van der Waals surface area contributed by atoms with E-state index in [0.29, 0.717) is 24.1 Å². The number of aromatic amines is 1. The normalized spacial score (nSPS) is 15.0. The number of aromatic hydroxyl groups is 1. The van der Waals surface area contributed by atoms with Gasteiger partial charge in [-0.15, -0.1) is 0 Å². The third-order valence-corrected chi connectivity index (χ3v) is 6.08. The fourth-order valence-electron chi connectivity index (χ4n) is 4.39. The minimum Gasteiger partial charge on any atom is -0.507 e. The molecule has 1 aromatic heterocycles. The summed E-state index contributed by atoms with van der Waals surface area (Å²) in [5.41, 5.74) is 2.22. The van der Waals surface area contributed by atoms with Gasteiger partial charge in [0.2, 0.25) is 0 Å². The van der Waals surface area contributed by atoms with Gasteiger partial charge in [-0.2, -0.15) is 5.10 Å². The van der Waals surface area contributed by atoms with Gasteiger partial charge in [0, 0.05) is 23.2 Å². The molecule has 6 nitrogen and oxygen atoms in total. The Morgan fingerprint density at radius 3 is 2.59 bits per heavy atom. The molecule has 0 saturated heterocycles. The minimum atomic E-state index is -0.793. The highest BCUT2D eigenvalue weighted by atomic mass is 19.1. The first kappa shape index (κ1) is 21.6. The fourth-order valence-corrected chi connectivity index (χ4v) is 4.39. The molecule has 3 aromatic carbocycles. The number of ether oxygens (including phenoxy) is 1. The second-order valence-corrected chi connectivity index (χ2v) is 8.04. The summed E-state index contributed by atoms with van der Waals surface area (Å²) in [5, 5.41) is 17.3. The van der Waals surface area contributed by atoms with Crippen molar-refractivity contribution in [3.05, 3.63) is 101 Å². The summed E-state index contributed by atoms with van der Waals surface area (Å²) in [6.07, 6.45) is 0.527. The molecule has 5 rings (SSSR count). The highest BCUT2D eigenvalue weighted by Crippen LogP contribution is 2.45. The van der Waals surface area contributed by atoms with Crippen molar-refractivity contribution in [2.24, 2.45) is 0 Å². The number of carbonyl (C=O) groups excluding carboxylic acids is 1. The Kier molecular flexibility index (Phi) is 5.49. The van der Waals surface area contributed by atoms with Gasteiger partial charge in [0.1, 0.15) is 34.5 Å². The number of carbonyl (C=O) groups is 1. The number of phenols is 1. The number of aromatic nitrogens is 2. The number of hydrogen-bond donors (Lipinski definition) is 2. The summed E-state index contributed by atoms with van der Waals surface area (Å²) in [4.78, 5) is 15.0. The van der Waals surface area contributed by atoms with Crippen LogP contribution in [0.25, 0.3) is 11.3 Å². The average molecular weight is 461 g/mol. The molecular weight excluding hydrogens is 440 g/mol. The van der Waals surface area contributed by atoms with Crippen molar-refractivity contribution in [2.45, 2.75) is 12.5 Å². The SMILES string of the molecule is COc1ccc(CCN2C(=O)c3[nH]nc(-c4cc(F)ccc4O)c3[C@@H]2c2ccccc2F)cc1. The molecule has 1 aliphatic heterocycles. The van der Waals surface area contributed by atoms with Crippen LogP contribution in [0.2, 0.25) is 0 Å². The second-order valence-electron chi connectivity index (χ2n) is 8.04. The lowest BCUT2D eigenvalue weighted by molar-refractivity contribution is 0.0744. The summed E-state index contributed by atoms with van der Waals surface area (Å²) >= 11 is 0. The van der Waals surface area contributed by atoms with Crippen molar-refractivity contribution in [2.75, 3.05) is 13.7 Å². The molecular formula is C26H21F2N3O3. The van der Waals surface area contributed by atoms with Crippen LogP contribution in [-0.4, -0.2) is 39.8 Å². The van der Waals surface area contributed by atoms with Crippen molar-refractivity contribution < 1.29 is 23.4 Å². The largest absolute Gasteiger partial charge is 0.507 e. The number of methoxy groups -OCH3 is 1. The van der Waals surface area contributed by atoms with Gasteiger partial charge >= 0.3 is 0 Å². The van der Waals surface area contributed by atoms with Crippen LogP contribution in [0, 0.1) is 11.6 Å². The van der Waals surface area contributed by atoms with Gasteiger partial charge in [-0.05, 0) is 48.4 Å². The molecule has 2 heterocycles. The Labute approximate surface area is 194 Å². The van der Waals surface area contributed by atoms with E-state index in [2.05, 4.69) is 10.2 Å². The van der Waals surface area contributed by atoms with E-state index < -0.39 is 17.7 Å². The molecule has 4 aromatic rings. The third-order valence-electron chi connectivity index (χ3n) is 6.08. The number of H-pyrrole nitrogens is 1. The molecule has 0 saturated carbocycles. The van der Waals surface area contributed by atoms with Gasteiger partial charge in [0.25, 0.3) is 5.91 Å². The van der Waals surface area contributed by atoms with Crippen LogP contribution in [0.1, 0.15) is 33.2 Å². The monoisotopic (exact) mass is 461 g/mol. The lowest BCUT2D eigenvalue weighted by Crippen LogP contribution is -2.32. The summed E-state index contributed by atoms with van der Waals surface area (Å²) < 4.78 is 34.2. The summed E-state index contributed by atoms with van der Waals surface area (Å²) in [6, 6.07) is 16.4. The van der Waals surface area contributed by atoms with Crippen LogP contribution >= 0.6 is 0 Å². The van der Waals surface area contributed by atoms with E-state index in [1.54, 1.807) is 30.2 Å². The first-order valence-electron chi connectivity index (χ1n) is 10.7. The van der Waals surface area contributed by atoms with Crippen LogP contribution in [0.15, 0.2) is 66.7 Å². The molecule has 0 unspecified atom stereocenters. The van der Waals surface area contributed by atoms with Crippen LogP contribution in [0.5, 0.6) is 11.5 Å². The quantitative estimate of drug-likeness (QED) is 0.430. The molecule has 1 atom stereocenters. The Morgan fingerprint density at radius 1 is 1.09 bits per heavy atom. The number of nitrogens with one attached hydrogen (secondary N) is 1. The Morgan fingerprint density at radius 2 is 1.85 bits per heavy atom. The fraction of sp³-hybridized carbons (Fsp3) is 0.154. The van der Waals surface area contributed by atoms with Gasteiger partial charge in [0.15, 0.2) is 0 Å². The number of halogens is 2. The summed E-state index contributed by atoms with van der Waals surface area (Å²) in [6.45, 7) is 0.307. The molecule has 0 fully saturated rings. The molecule has 172 valence electrons. The minimum absolute atomic E-state index is 0.128. The zero-order valence-corrected chi connectivity index (χ0v) is 18.3. The van der Waals surface area contributed by atoms with E-state index >= 15 is 0 Å². The maximum Gasteiger partial charge on any atom is 0.273 e. The molecule has 2 N–H and O–H groups in total. The third kappa shape index (κ3) is 3.67. The maximum absolute atomic E-state index is 15.0. The van der Waals surface area contributed by atoms with Crippen molar-refractivity contribution in [1.82, 2.24) is 15.1 Å².